The van der Waals surface area contributed by atoms with Crippen LogP contribution >= 0.6 is 15.9 Å². The molecule has 2 heterocycles. The monoisotopic (exact) mass is 816 g/mol. The Morgan fingerprint density at radius 3 is 1.31 bits per heavy atom. The summed E-state index contributed by atoms with van der Waals surface area (Å²) in [6.45, 7) is 18.3. The van der Waals surface area contributed by atoms with Crippen molar-refractivity contribution in [2.45, 2.75) is 55.4 Å². The first-order valence-electron chi connectivity index (χ1n) is 19.9. The van der Waals surface area contributed by atoms with E-state index in [1.54, 1.807) is 0 Å². The molecule has 0 amide bonds. The summed E-state index contributed by atoms with van der Waals surface area (Å²) < 4.78 is 3.62. The standard InChI is InChI=1S/C53H45BrN4/c1-30-32(3)36(7)49-47(34(30)5)48-35(6)31(2)33(4)37(8)50(48)58(49)46-26-25-43(29-45(46)42-23-15-21-40(27-42)41-22-16-24-44(54)28-41)53-56-51(38-17-11-9-12-18-38)55-52(57-53)39-19-13-10-14-20-39/h9-29H,1-8H3. The van der Waals surface area contributed by atoms with Crippen LogP contribution in [0.25, 0.3) is 83.9 Å². The Labute approximate surface area is 349 Å². The average molecular weight is 818 g/mol. The fourth-order valence-electron chi connectivity index (χ4n) is 8.68. The summed E-state index contributed by atoms with van der Waals surface area (Å²) in [6, 6.07) is 44.6. The van der Waals surface area contributed by atoms with Crippen molar-refractivity contribution in [1.82, 2.24) is 19.5 Å². The molecule has 0 saturated heterocycles. The van der Waals surface area contributed by atoms with Crippen molar-refractivity contribution in [2.24, 2.45) is 0 Å². The molecule has 0 saturated carbocycles. The van der Waals surface area contributed by atoms with Gasteiger partial charge in [-0.05, 0) is 153 Å². The van der Waals surface area contributed by atoms with Gasteiger partial charge in [-0.25, -0.2) is 15.0 Å². The maximum Gasteiger partial charge on any atom is 0.164 e. The molecule has 9 aromatic rings. The summed E-state index contributed by atoms with van der Waals surface area (Å²) in [5.74, 6) is 1.91. The van der Waals surface area contributed by atoms with Crippen LogP contribution in [0.2, 0.25) is 0 Å². The highest BCUT2D eigenvalue weighted by molar-refractivity contribution is 9.10. The van der Waals surface area contributed by atoms with E-state index in [1.165, 1.54) is 66.3 Å². The van der Waals surface area contributed by atoms with E-state index in [9.17, 15) is 0 Å². The van der Waals surface area contributed by atoms with Crippen LogP contribution in [0.1, 0.15) is 44.5 Å². The van der Waals surface area contributed by atoms with Gasteiger partial charge in [0.25, 0.3) is 0 Å². The number of halogens is 1. The Morgan fingerprint density at radius 1 is 0.362 bits per heavy atom. The predicted molar refractivity (Wildman–Crippen MR) is 247 cm³/mol. The maximum atomic E-state index is 5.16. The lowest BCUT2D eigenvalue weighted by Gasteiger charge is -2.20. The lowest BCUT2D eigenvalue weighted by molar-refractivity contribution is 1.07. The Kier molecular flexibility index (Phi) is 9.45. The topological polar surface area (TPSA) is 43.6 Å². The van der Waals surface area contributed by atoms with Gasteiger partial charge in [-0.15, -0.1) is 0 Å². The van der Waals surface area contributed by atoms with E-state index in [2.05, 4.69) is 167 Å². The van der Waals surface area contributed by atoms with E-state index >= 15 is 0 Å². The van der Waals surface area contributed by atoms with E-state index in [1.807, 2.05) is 36.4 Å². The van der Waals surface area contributed by atoms with Crippen LogP contribution in [-0.4, -0.2) is 19.5 Å². The first-order valence-corrected chi connectivity index (χ1v) is 20.7. The van der Waals surface area contributed by atoms with Crippen molar-refractivity contribution < 1.29 is 0 Å². The van der Waals surface area contributed by atoms with Crippen LogP contribution in [0.4, 0.5) is 0 Å². The molecule has 4 nitrogen and oxygen atoms in total. The fourth-order valence-corrected chi connectivity index (χ4v) is 9.08. The normalized spacial score (nSPS) is 11.5. The third kappa shape index (κ3) is 6.16. The molecule has 284 valence electrons. The molecule has 0 unspecified atom stereocenters. The van der Waals surface area contributed by atoms with Crippen molar-refractivity contribution >= 4 is 37.7 Å². The number of fused-ring (bicyclic) bond motifs is 3. The first-order chi connectivity index (χ1) is 28.0. The molecule has 58 heavy (non-hydrogen) atoms. The zero-order chi connectivity index (χ0) is 40.4. The Morgan fingerprint density at radius 2 is 0.793 bits per heavy atom. The Hall–Kier alpha value is -6.17. The molecule has 0 N–H and O–H groups in total. The molecule has 7 aromatic carbocycles. The second-order valence-electron chi connectivity index (χ2n) is 15.6. The molecule has 9 rings (SSSR count). The third-order valence-corrected chi connectivity index (χ3v) is 13.0. The number of aromatic nitrogens is 4. The number of rotatable bonds is 6. The van der Waals surface area contributed by atoms with Gasteiger partial charge in [0.15, 0.2) is 17.5 Å². The number of aryl methyl sites for hydroxylation is 4. The molecule has 0 bridgehead atoms. The highest BCUT2D eigenvalue weighted by Gasteiger charge is 2.26. The van der Waals surface area contributed by atoms with Crippen molar-refractivity contribution in [3.05, 3.63) is 176 Å². The average Bonchev–Trinajstić information content (AvgIpc) is 3.63. The van der Waals surface area contributed by atoms with E-state index < -0.39 is 0 Å². The lowest BCUT2D eigenvalue weighted by Crippen LogP contribution is -2.04. The summed E-state index contributed by atoms with van der Waals surface area (Å²) >= 11 is 3.71. The van der Waals surface area contributed by atoms with Crippen LogP contribution < -0.4 is 0 Å². The summed E-state index contributed by atoms with van der Waals surface area (Å²) in [6.07, 6.45) is 0. The summed E-state index contributed by atoms with van der Waals surface area (Å²) in [5, 5.41) is 2.68. The molecule has 0 aliphatic rings. The molecule has 0 aliphatic carbocycles. The largest absolute Gasteiger partial charge is 0.308 e. The van der Waals surface area contributed by atoms with E-state index in [0.717, 1.165) is 49.1 Å². The van der Waals surface area contributed by atoms with Gasteiger partial charge in [0.05, 0.1) is 16.7 Å². The van der Waals surface area contributed by atoms with Gasteiger partial charge >= 0.3 is 0 Å². The smallest absolute Gasteiger partial charge is 0.164 e. The summed E-state index contributed by atoms with van der Waals surface area (Å²) in [4.78, 5) is 15.3. The molecule has 0 fully saturated rings. The molecular formula is C53H45BrN4. The van der Waals surface area contributed by atoms with Gasteiger partial charge in [0.1, 0.15) is 0 Å². The highest BCUT2D eigenvalue weighted by atomic mass is 79.9. The van der Waals surface area contributed by atoms with Crippen molar-refractivity contribution in [2.75, 3.05) is 0 Å². The van der Waals surface area contributed by atoms with Crippen molar-refractivity contribution in [3.63, 3.8) is 0 Å². The third-order valence-electron chi connectivity index (χ3n) is 12.5. The number of hydrogen-bond acceptors (Lipinski definition) is 3. The van der Waals surface area contributed by atoms with Gasteiger partial charge < -0.3 is 4.57 Å². The van der Waals surface area contributed by atoms with Gasteiger partial charge in [0, 0.05) is 37.5 Å². The van der Waals surface area contributed by atoms with Gasteiger partial charge in [-0.2, -0.15) is 0 Å². The summed E-state index contributed by atoms with van der Waals surface area (Å²) in [7, 11) is 0. The molecule has 2 aromatic heterocycles. The van der Waals surface area contributed by atoms with E-state index in [4.69, 9.17) is 15.0 Å². The second kappa shape index (κ2) is 14.6. The SMILES string of the molecule is Cc1c(C)c(C)c2c(c1C)c1c(C)c(C)c(C)c(C)c1n2-c1ccc(-c2nc(-c3ccccc3)nc(-c3ccccc3)n2)cc1-c1cccc(-c2cccc(Br)c2)c1. The quantitative estimate of drug-likeness (QED) is 0.168. The molecule has 0 aliphatic heterocycles. The highest BCUT2D eigenvalue weighted by Crippen LogP contribution is 2.46. The van der Waals surface area contributed by atoms with Crippen LogP contribution in [0.15, 0.2) is 132 Å². The van der Waals surface area contributed by atoms with Crippen LogP contribution in [0, 0.1) is 55.4 Å². The van der Waals surface area contributed by atoms with Crippen LogP contribution in [0.3, 0.4) is 0 Å². The molecule has 0 spiro atoms. The lowest BCUT2D eigenvalue weighted by atomic mass is 9.90. The van der Waals surface area contributed by atoms with Gasteiger partial charge in [-0.3, -0.25) is 0 Å². The Bertz CT molecular complexity index is 2950. The minimum atomic E-state index is 0.628. The molecule has 0 atom stereocenters. The van der Waals surface area contributed by atoms with Crippen LogP contribution in [0.5, 0.6) is 0 Å². The molecule has 5 heteroatoms. The van der Waals surface area contributed by atoms with Gasteiger partial charge in [-0.1, -0.05) is 107 Å². The van der Waals surface area contributed by atoms with E-state index in [0.29, 0.717) is 17.5 Å². The number of nitrogens with zero attached hydrogens (tertiary/aromatic N) is 4. The summed E-state index contributed by atoms with van der Waals surface area (Å²) in [5.41, 5.74) is 21.6. The van der Waals surface area contributed by atoms with Crippen molar-refractivity contribution in [1.29, 1.82) is 0 Å². The Balaban J connectivity index is 1.39. The zero-order valence-electron chi connectivity index (χ0n) is 34.3. The fraction of sp³-hybridized carbons (Fsp3) is 0.151. The van der Waals surface area contributed by atoms with Gasteiger partial charge in [0.2, 0.25) is 0 Å². The molecule has 0 radical (unpaired) electrons. The van der Waals surface area contributed by atoms with Crippen LogP contribution in [-0.2, 0) is 0 Å². The number of benzene rings is 7. The minimum absolute atomic E-state index is 0.628. The van der Waals surface area contributed by atoms with Crippen molar-refractivity contribution in [3.8, 4) is 62.1 Å². The second-order valence-corrected chi connectivity index (χ2v) is 16.6. The minimum Gasteiger partial charge on any atom is -0.308 e. The number of hydrogen-bond donors (Lipinski definition) is 0. The van der Waals surface area contributed by atoms with E-state index in [-0.39, 0.29) is 0 Å². The molecular weight excluding hydrogens is 773 g/mol. The predicted octanol–water partition coefficient (Wildman–Crippen LogP) is 14.5. The maximum absolute atomic E-state index is 5.16. The first kappa shape index (κ1) is 37.4. The zero-order valence-corrected chi connectivity index (χ0v) is 35.9.